The molecule has 0 aliphatic rings. The van der Waals surface area contributed by atoms with Crippen LogP contribution in [0.5, 0.6) is 0 Å². The van der Waals surface area contributed by atoms with Crippen molar-refractivity contribution in [2.45, 2.75) is 96.7 Å². The maximum atomic E-state index is 13.3. The highest BCUT2D eigenvalue weighted by Gasteiger charge is 2.19. The zero-order valence-corrected chi connectivity index (χ0v) is 21.0. The summed E-state index contributed by atoms with van der Waals surface area (Å²) < 4.78 is 7.61. The number of hydrogen-bond donors (Lipinski definition) is 0. The van der Waals surface area contributed by atoms with Gasteiger partial charge in [0.2, 0.25) is 18.2 Å². The van der Waals surface area contributed by atoms with Crippen LogP contribution in [0.3, 0.4) is 0 Å². The van der Waals surface area contributed by atoms with Crippen molar-refractivity contribution in [1.82, 2.24) is 9.13 Å². The average molecular weight is 505 g/mol. The van der Waals surface area contributed by atoms with Gasteiger partial charge in [0, 0.05) is 13.1 Å². The van der Waals surface area contributed by atoms with Crippen LogP contribution >= 0.6 is 0 Å². The summed E-state index contributed by atoms with van der Waals surface area (Å²) in [7, 11) is 0. The Morgan fingerprint density at radius 2 is 1.39 bits per heavy atom. The van der Waals surface area contributed by atoms with Gasteiger partial charge in [-0.05, 0) is 38.5 Å². The fraction of sp³-hybridized carbons (Fsp3) is 0.750. The molecule has 1 heterocycles. The molecule has 0 saturated heterocycles. The normalized spacial score (nSPS) is 11.9. The van der Waals surface area contributed by atoms with Crippen molar-refractivity contribution >= 4 is 18.2 Å². The van der Waals surface area contributed by atoms with Gasteiger partial charge in [-0.1, -0.05) is 45.4 Å². The molecule has 36 heavy (non-hydrogen) atoms. The van der Waals surface area contributed by atoms with Crippen LogP contribution in [0, 0.1) is 0 Å². The molecule has 12 heteroatoms. The smallest absolute Gasteiger partial charge is 0.375 e. The van der Waals surface area contributed by atoms with Crippen LogP contribution < -0.4 is 17.1 Å². The molecule has 12 nitrogen and oxygen atoms in total. The van der Waals surface area contributed by atoms with Crippen molar-refractivity contribution in [2.75, 3.05) is 19.6 Å². The quantitative estimate of drug-likeness (QED) is 0.151. The van der Waals surface area contributed by atoms with Gasteiger partial charge in [0.15, 0.2) is 0 Å². The predicted molar refractivity (Wildman–Crippen MR) is 132 cm³/mol. The lowest BCUT2D eigenvalue weighted by molar-refractivity contribution is 0.273. The highest BCUT2D eigenvalue weighted by molar-refractivity contribution is 5.33. The fourth-order valence-electron chi connectivity index (χ4n) is 3.65. The molecule has 0 aromatic carbocycles. The minimum atomic E-state index is -0.863. The van der Waals surface area contributed by atoms with Gasteiger partial charge < -0.3 is 4.42 Å². The lowest BCUT2D eigenvalue weighted by Gasteiger charge is -2.15. The first-order chi connectivity index (χ1) is 17.6. The first-order valence-electron chi connectivity index (χ1n) is 12.6. The SMILES string of the molecule is CCCCCC(N=C=O)n1c(=NCCCCCCN=C=O)oc(=O)n(CCCCCCN=C=O)c1=O. The zero-order valence-electron chi connectivity index (χ0n) is 21.0. The van der Waals surface area contributed by atoms with Crippen LogP contribution in [-0.2, 0) is 20.9 Å². The van der Waals surface area contributed by atoms with E-state index in [9.17, 15) is 24.0 Å². The molecular formula is C24H36N6O6. The van der Waals surface area contributed by atoms with Crippen molar-refractivity contribution in [2.24, 2.45) is 20.0 Å². The number of rotatable bonds is 20. The molecule has 1 rings (SSSR count). The van der Waals surface area contributed by atoms with Gasteiger partial charge in [-0.2, -0.15) is 4.99 Å². The molecule has 1 aromatic heterocycles. The van der Waals surface area contributed by atoms with E-state index in [1.54, 1.807) is 0 Å². The zero-order chi connectivity index (χ0) is 26.4. The second-order valence-electron chi connectivity index (χ2n) is 8.31. The van der Waals surface area contributed by atoms with Gasteiger partial charge in [0.1, 0.15) is 6.17 Å². The van der Waals surface area contributed by atoms with Gasteiger partial charge in [-0.25, -0.2) is 48.1 Å². The molecule has 0 fully saturated rings. The Hall–Kier alpha value is -3.45. The summed E-state index contributed by atoms with van der Waals surface area (Å²) in [6, 6.07) is 0. The Balaban J connectivity index is 3.11. The Morgan fingerprint density at radius 1 is 0.778 bits per heavy atom. The predicted octanol–water partition coefficient (Wildman–Crippen LogP) is 2.71. The number of aromatic nitrogens is 2. The van der Waals surface area contributed by atoms with E-state index < -0.39 is 17.6 Å². The first-order valence-corrected chi connectivity index (χ1v) is 12.6. The van der Waals surface area contributed by atoms with E-state index in [-0.39, 0.29) is 12.2 Å². The standard InChI is InChI=1S/C24H36N6O6/c1-2-3-8-13-21(28-20-33)30-22(27-16-11-5-4-9-14-25-18-31)36-24(35)29(23(30)34)17-12-7-6-10-15-26-19-32/h21H,2-17H2,1H3. The van der Waals surface area contributed by atoms with Crippen LogP contribution in [0.4, 0.5) is 0 Å². The highest BCUT2D eigenvalue weighted by atomic mass is 16.4. The summed E-state index contributed by atoms with van der Waals surface area (Å²) in [5, 5.41) is 0. The highest BCUT2D eigenvalue weighted by Crippen LogP contribution is 2.13. The molecule has 1 unspecified atom stereocenters. The van der Waals surface area contributed by atoms with E-state index in [0.717, 1.165) is 55.9 Å². The third kappa shape index (κ3) is 11.8. The van der Waals surface area contributed by atoms with Gasteiger partial charge in [0.05, 0.1) is 13.1 Å². The maximum absolute atomic E-state index is 13.3. The number of nitrogens with zero attached hydrogens (tertiary/aromatic N) is 6. The molecule has 0 aliphatic carbocycles. The van der Waals surface area contributed by atoms with E-state index in [0.29, 0.717) is 45.3 Å². The summed E-state index contributed by atoms with van der Waals surface area (Å²) in [4.78, 5) is 72.4. The first kappa shape index (κ1) is 30.6. The van der Waals surface area contributed by atoms with E-state index in [2.05, 4.69) is 20.0 Å². The van der Waals surface area contributed by atoms with Gasteiger partial charge in [0.25, 0.3) is 0 Å². The molecule has 1 aromatic rings. The number of aliphatic imine (C=N–C) groups is 3. The van der Waals surface area contributed by atoms with Crippen molar-refractivity contribution < 1.29 is 18.8 Å². The molecule has 0 aliphatic heterocycles. The van der Waals surface area contributed by atoms with Gasteiger partial charge >= 0.3 is 17.1 Å². The summed E-state index contributed by atoms with van der Waals surface area (Å²) >= 11 is 0. The molecule has 0 bridgehead atoms. The largest absolute Gasteiger partial charge is 0.425 e. The van der Waals surface area contributed by atoms with Crippen molar-refractivity contribution in [3.05, 3.63) is 26.7 Å². The number of hydrogen-bond acceptors (Lipinski definition) is 10. The molecule has 0 radical (unpaired) electrons. The third-order valence-corrected chi connectivity index (χ3v) is 5.56. The number of isocyanates is 3. The van der Waals surface area contributed by atoms with Crippen LogP contribution in [0.1, 0.15) is 90.1 Å². The van der Waals surface area contributed by atoms with Crippen LogP contribution in [0.25, 0.3) is 0 Å². The average Bonchev–Trinajstić information content (AvgIpc) is 2.86. The molecular weight excluding hydrogens is 468 g/mol. The Bertz CT molecular complexity index is 1100. The molecule has 0 N–H and O–H groups in total. The summed E-state index contributed by atoms with van der Waals surface area (Å²) in [6.45, 7) is 3.34. The summed E-state index contributed by atoms with van der Waals surface area (Å²) in [5.41, 5.74) is -0.776. The fourth-order valence-corrected chi connectivity index (χ4v) is 3.65. The van der Waals surface area contributed by atoms with E-state index in [1.807, 2.05) is 6.92 Å². The molecule has 1 atom stereocenters. The topological polar surface area (TPSA) is 158 Å². The summed E-state index contributed by atoms with van der Waals surface area (Å²) in [5.74, 6) is -0.810. The molecule has 0 amide bonds. The number of unbranched alkanes of at least 4 members (excludes halogenated alkanes) is 8. The monoisotopic (exact) mass is 504 g/mol. The second kappa shape index (κ2) is 19.8. The van der Waals surface area contributed by atoms with Crippen LogP contribution in [0.15, 0.2) is 34.0 Å². The summed E-state index contributed by atoms with van der Waals surface area (Å²) in [6.07, 6.45) is 12.6. The Morgan fingerprint density at radius 3 is 1.97 bits per heavy atom. The molecule has 0 spiro atoms. The minimum Gasteiger partial charge on any atom is -0.375 e. The minimum absolute atomic E-state index is 0.147. The third-order valence-electron chi connectivity index (χ3n) is 5.56. The second-order valence-corrected chi connectivity index (χ2v) is 8.31. The Kier molecular flexibility index (Phi) is 16.8. The lowest BCUT2D eigenvalue weighted by atomic mass is 10.2. The van der Waals surface area contributed by atoms with Crippen molar-refractivity contribution in [1.29, 1.82) is 0 Å². The maximum Gasteiger partial charge on any atom is 0.425 e. The van der Waals surface area contributed by atoms with Gasteiger partial charge in [-0.3, -0.25) is 0 Å². The van der Waals surface area contributed by atoms with Crippen LogP contribution in [-0.4, -0.2) is 47.0 Å². The molecule has 198 valence electrons. The van der Waals surface area contributed by atoms with Crippen LogP contribution in [0.2, 0.25) is 0 Å². The van der Waals surface area contributed by atoms with Crippen molar-refractivity contribution in [3.63, 3.8) is 0 Å². The lowest BCUT2D eigenvalue weighted by Crippen LogP contribution is -2.48. The van der Waals surface area contributed by atoms with Gasteiger partial charge in [-0.15, -0.1) is 0 Å². The number of carbonyl (C=O) groups excluding carboxylic acids is 3. The molecule has 0 saturated carbocycles. The Labute approximate surface area is 209 Å². The van der Waals surface area contributed by atoms with E-state index in [1.165, 1.54) is 22.8 Å². The van der Waals surface area contributed by atoms with E-state index >= 15 is 0 Å². The van der Waals surface area contributed by atoms with Crippen molar-refractivity contribution in [3.8, 4) is 0 Å². The van der Waals surface area contributed by atoms with E-state index in [4.69, 9.17) is 4.42 Å².